The van der Waals surface area contributed by atoms with Crippen LogP contribution in [0.15, 0.2) is 50.6 Å². The van der Waals surface area contributed by atoms with Crippen molar-refractivity contribution in [2.24, 2.45) is 4.99 Å². The van der Waals surface area contributed by atoms with Crippen molar-refractivity contribution in [3.05, 3.63) is 71.2 Å². The van der Waals surface area contributed by atoms with Crippen LogP contribution in [-0.2, 0) is 6.67 Å². The third-order valence-electron chi connectivity index (χ3n) is 3.81. The summed E-state index contributed by atoms with van der Waals surface area (Å²) in [6.07, 6.45) is 1.78. The summed E-state index contributed by atoms with van der Waals surface area (Å²) < 4.78 is 8.69. The van der Waals surface area contributed by atoms with Crippen molar-refractivity contribution in [3.8, 4) is 0 Å². The molecule has 0 unspecified atom stereocenters. The predicted molar refractivity (Wildman–Crippen MR) is 103 cm³/mol. The van der Waals surface area contributed by atoms with Crippen molar-refractivity contribution in [2.75, 3.05) is 11.6 Å². The van der Waals surface area contributed by atoms with Crippen molar-refractivity contribution >= 4 is 45.7 Å². The Hall–Kier alpha value is -1.87. The Kier molecular flexibility index (Phi) is 4.05. The number of hydrogen-bond donors (Lipinski definition) is 0. The molecule has 3 aromatic rings. The fourth-order valence-corrected chi connectivity index (χ4v) is 4.01. The minimum absolute atomic E-state index is 0.0255. The van der Waals surface area contributed by atoms with Gasteiger partial charge in [0.05, 0.1) is 4.53 Å². The zero-order valence-electron chi connectivity index (χ0n) is 12.9. The lowest BCUT2D eigenvalue weighted by Crippen LogP contribution is -2.42. The summed E-state index contributed by atoms with van der Waals surface area (Å²) in [4.78, 5) is 20.1. The Bertz CT molecular complexity index is 1080. The van der Waals surface area contributed by atoms with Gasteiger partial charge in [0.1, 0.15) is 19.1 Å². The second-order valence-corrected chi connectivity index (χ2v) is 7.66. The molecule has 0 radical (unpaired) electrons. The topological polar surface area (TPSA) is 50.7 Å². The van der Waals surface area contributed by atoms with Crippen LogP contribution < -0.4 is 19.8 Å². The third kappa shape index (κ3) is 2.93. The van der Waals surface area contributed by atoms with Crippen molar-refractivity contribution < 1.29 is 4.42 Å². The zero-order valence-corrected chi connectivity index (χ0v) is 15.9. The van der Waals surface area contributed by atoms with Crippen molar-refractivity contribution in [2.45, 2.75) is 13.6 Å². The quantitative estimate of drug-likeness (QED) is 0.562. The molecule has 0 saturated heterocycles. The number of benzene rings is 1. The van der Waals surface area contributed by atoms with Crippen molar-refractivity contribution in [1.82, 2.24) is 4.57 Å². The van der Waals surface area contributed by atoms with Crippen LogP contribution in [-0.4, -0.2) is 11.2 Å². The molecule has 1 aromatic carbocycles. The molecule has 24 heavy (non-hydrogen) atoms. The third-order valence-corrected chi connectivity index (χ3v) is 5.44. The molecule has 0 aliphatic carbocycles. The highest BCUT2D eigenvalue weighted by atomic mass is 127. The van der Waals surface area contributed by atoms with Crippen LogP contribution in [0.3, 0.4) is 0 Å². The summed E-state index contributed by atoms with van der Waals surface area (Å²) in [6, 6.07) is 12.0. The maximum atomic E-state index is 12.7. The van der Waals surface area contributed by atoms with E-state index in [4.69, 9.17) is 4.42 Å². The Balaban J connectivity index is 1.73. The SMILES string of the molecule is Cc1cccc(N2CN=c3s/c(=C\c4ccc(I)o4)c(=O)n3C2)c1. The molecule has 3 heterocycles. The van der Waals surface area contributed by atoms with E-state index in [-0.39, 0.29) is 5.56 Å². The van der Waals surface area contributed by atoms with Gasteiger partial charge < -0.3 is 9.32 Å². The van der Waals surface area contributed by atoms with E-state index >= 15 is 0 Å². The normalized spacial score (nSPS) is 14.6. The first-order chi connectivity index (χ1) is 11.6. The van der Waals surface area contributed by atoms with Crippen LogP contribution in [0.1, 0.15) is 11.3 Å². The van der Waals surface area contributed by atoms with Gasteiger partial charge in [-0.15, -0.1) is 0 Å². The molecule has 0 amide bonds. The fourth-order valence-electron chi connectivity index (χ4n) is 2.63. The highest BCUT2D eigenvalue weighted by Crippen LogP contribution is 2.17. The zero-order chi connectivity index (χ0) is 16.7. The number of aryl methyl sites for hydroxylation is 1. The molecule has 0 N–H and O–H groups in total. The second kappa shape index (κ2) is 6.21. The molecule has 0 bridgehead atoms. The Morgan fingerprint density at radius 1 is 1.33 bits per heavy atom. The summed E-state index contributed by atoms with van der Waals surface area (Å²) >= 11 is 3.51. The van der Waals surface area contributed by atoms with Crippen LogP contribution >= 0.6 is 33.9 Å². The van der Waals surface area contributed by atoms with Crippen LogP contribution in [0.25, 0.3) is 6.08 Å². The van der Waals surface area contributed by atoms with Crippen LogP contribution in [0.5, 0.6) is 0 Å². The monoisotopic (exact) mass is 451 g/mol. The standard InChI is InChI=1S/C17H14IN3O2S/c1-11-3-2-4-12(7-11)20-9-19-17-21(10-20)16(22)14(24-17)8-13-5-6-15(18)23-13/h2-8H,9-10H2,1H3/b14-8-. The summed E-state index contributed by atoms with van der Waals surface area (Å²) in [5, 5.41) is 0. The van der Waals surface area contributed by atoms with E-state index in [0.717, 1.165) is 14.3 Å². The highest BCUT2D eigenvalue weighted by molar-refractivity contribution is 14.1. The van der Waals surface area contributed by atoms with E-state index in [2.05, 4.69) is 51.5 Å². The van der Waals surface area contributed by atoms with Crippen LogP contribution in [0.4, 0.5) is 5.69 Å². The number of furan rings is 1. The molecule has 0 atom stereocenters. The van der Waals surface area contributed by atoms with Crippen LogP contribution in [0, 0.1) is 10.7 Å². The maximum Gasteiger partial charge on any atom is 0.271 e. The van der Waals surface area contributed by atoms with Gasteiger partial charge in [0.2, 0.25) is 0 Å². The minimum atomic E-state index is -0.0255. The molecule has 0 fully saturated rings. The second-order valence-electron chi connectivity index (χ2n) is 5.59. The Morgan fingerprint density at radius 3 is 2.96 bits per heavy atom. The van der Waals surface area contributed by atoms with Gasteiger partial charge in [0, 0.05) is 11.8 Å². The molecule has 0 saturated carbocycles. The van der Waals surface area contributed by atoms with E-state index in [9.17, 15) is 4.79 Å². The predicted octanol–water partition coefficient (Wildman–Crippen LogP) is 2.30. The lowest BCUT2D eigenvalue weighted by atomic mass is 10.2. The summed E-state index contributed by atoms with van der Waals surface area (Å²) in [6.45, 7) is 3.13. The average molecular weight is 451 g/mol. The molecular weight excluding hydrogens is 437 g/mol. The minimum Gasteiger partial charge on any atom is -0.451 e. The number of nitrogens with zero attached hydrogens (tertiary/aromatic N) is 3. The Morgan fingerprint density at radius 2 is 2.21 bits per heavy atom. The first-order valence-electron chi connectivity index (χ1n) is 7.43. The molecule has 2 aromatic heterocycles. The maximum absolute atomic E-state index is 12.7. The number of aromatic nitrogens is 1. The van der Waals surface area contributed by atoms with Gasteiger partial charge in [-0.25, -0.2) is 4.99 Å². The molecule has 0 spiro atoms. The van der Waals surface area contributed by atoms with E-state index in [1.807, 2.05) is 24.3 Å². The highest BCUT2D eigenvalue weighted by Gasteiger charge is 2.16. The summed E-state index contributed by atoms with van der Waals surface area (Å²) in [5.41, 5.74) is 2.24. The fraction of sp³-hybridized carbons (Fsp3) is 0.176. The number of thiazole rings is 1. The smallest absolute Gasteiger partial charge is 0.271 e. The largest absolute Gasteiger partial charge is 0.451 e. The van der Waals surface area contributed by atoms with E-state index in [1.54, 1.807) is 10.6 Å². The number of fused-ring (bicyclic) bond motifs is 1. The van der Waals surface area contributed by atoms with Gasteiger partial charge in [-0.2, -0.15) is 0 Å². The average Bonchev–Trinajstić information content (AvgIpc) is 3.11. The van der Waals surface area contributed by atoms with Gasteiger partial charge >= 0.3 is 0 Å². The molecular formula is C17H14IN3O2S. The molecule has 4 rings (SSSR count). The first kappa shape index (κ1) is 15.6. The number of hydrogen-bond acceptors (Lipinski definition) is 5. The molecule has 1 aliphatic heterocycles. The summed E-state index contributed by atoms with van der Waals surface area (Å²) in [7, 11) is 0. The number of halogens is 1. The number of anilines is 1. The molecule has 1 aliphatic rings. The van der Waals surface area contributed by atoms with Gasteiger partial charge in [0.25, 0.3) is 5.56 Å². The van der Waals surface area contributed by atoms with E-state index in [1.165, 1.54) is 16.9 Å². The van der Waals surface area contributed by atoms with Crippen LogP contribution in [0.2, 0.25) is 0 Å². The molecule has 7 heteroatoms. The van der Waals surface area contributed by atoms with Gasteiger partial charge in [-0.05, 0) is 59.3 Å². The van der Waals surface area contributed by atoms with E-state index in [0.29, 0.717) is 23.6 Å². The lowest BCUT2D eigenvalue weighted by Gasteiger charge is -2.25. The van der Waals surface area contributed by atoms with Gasteiger partial charge in [-0.3, -0.25) is 9.36 Å². The van der Waals surface area contributed by atoms with Crippen molar-refractivity contribution in [1.29, 1.82) is 0 Å². The number of rotatable bonds is 2. The van der Waals surface area contributed by atoms with Gasteiger partial charge in [0.15, 0.2) is 8.57 Å². The summed E-state index contributed by atoms with van der Waals surface area (Å²) in [5.74, 6) is 0.686. The Labute approximate surface area is 155 Å². The molecule has 5 nitrogen and oxygen atoms in total. The van der Waals surface area contributed by atoms with E-state index < -0.39 is 0 Å². The molecule has 122 valence electrons. The van der Waals surface area contributed by atoms with Crippen molar-refractivity contribution in [3.63, 3.8) is 0 Å². The van der Waals surface area contributed by atoms with Gasteiger partial charge in [-0.1, -0.05) is 23.5 Å². The first-order valence-corrected chi connectivity index (χ1v) is 9.32. The lowest BCUT2D eigenvalue weighted by molar-refractivity contribution is 0.528.